The summed E-state index contributed by atoms with van der Waals surface area (Å²) in [4.78, 5) is 0. The van der Waals surface area contributed by atoms with Gasteiger partial charge in [-0.3, -0.25) is 0 Å². The predicted octanol–water partition coefficient (Wildman–Crippen LogP) is 8.06. The number of ether oxygens (including phenoxy) is 6. The molecule has 1 saturated heterocycles. The van der Waals surface area contributed by atoms with Gasteiger partial charge in [-0.2, -0.15) is 0 Å². The van der Waals surface area contributed by atoms with E-state index in [-0.39, 0.29) is 0 Å². The Morgan fingerprint density at radius 1 is 0.522 bits per heavy atom. The first kappa shape index (κ1) is 33.7. The van der Waals surface area contributed by atoms with Gasteiger partial charge in [0.2, 0.25) is 0 Å². The Bertz CT molecular complexity index is 1370. The van der Waals surface area contributed by atoms with Crippen LogP contribution in [0.1, 0.15) is 41.5 Å². The van der Waals surface area contributed by atoms with Gasteiger partial charge < -0.3 is 28.4 Å². The lowest BCUT2D eigenvalue weighted by Gasteiger charge is -2.46. The summed E-state index contributed by atoms with van der Waals surface area (Å²) in [7, 11) is 0. The second-order valence-electron chi connectivity index (χ2n) is 11.5. The van der Waals surface area contributed by atoms with Crippen molar-refractivity contribution in [1.29, 1.82) is 0 Å². The summed E-state index contributed by atoms with van der Waals surface area (Å²) in [6.45, 7) is 6.32. The van der Waals surface area contributed by atoms with Crippen LogP contribution in [0.25, 0.3) is 0 Å². The third-order valence-corrected chi connectivity index (χ3v) is 7.93. The molecule has 0 aromatic heterocycles. The maximum atomic E-state index is 6.76. The van der Waals surface area contributed by atoms with Crippen LogP contribution < -0.4 is 0 Å². The summed E-state index contributed by atoms with van der Waals surface area (Å²) in [5.41, 5.74) is 4.28. The second-order valence-corrected chi connectivity index (χ2v) is 11.5. The number of benzene rings is 4. The summed E-state index contributed by atoms with van der Waals surface area (Å²) in [5.74, 6) is 0. The lowest BCUT2D eigenvalue weighted by Crippen LogP contribution is -2.61. The highest BCUT2D eigenvalue weighted by Gasteiger charge is 2.49. The van der Waals surface area contributed by atoms with Crippen molar-refractivity contribution < 1.29 is 28.4 Å². The second kappa shape index (κ2) is 19.1. The van der Waals surface area contributed by atoms with Crippen molar-refractivity contribution in [2.45, 2.75) is 76.4 Å². The molecule has 46 heavy (non-hydrogen) atoms. The van der Waals surface area contributed by atoms with E-state index in [0.29, 0.717) is 39.6 Å². The maximum absolute atomic E-state index is 6.76. The van der Waals surface area contributed by atoms with Gasteiger partial charge in [0, 0.05) is 6.61 Å². The monoisotopic (exact) mass is 622 g/mol. The fraction of sp³-hybridized carbons (Fsp3) is 0.350. The van der Waals surface area contributed by atoms with Crippen molar-refractivity contribution in [3.8, 4) is 0 Å². The van der Waals surface area contributed by atoms with Gasteiger partial charge in [-0.05, 0) is 41.5 Å². The van der Waals surface area contributed by atoms with Gasteiger partial charge in [0.25, 0.3) is 0 Å². The molecule has 0 aliphatic carbocycles. The van der Waals surface area contributed by atoms with Crippen LogP contribution in [-0.4, -0.2) is 43.9 Å². The van der Waals surface area contributed by atoms with Gasteiger partial charge >= 0.3 is 0 Å². The standard InChI is InChI=1S/C40H46O6/c1-2-3-4-17-26-42-40-39(45-30-35-24-15-8-16-25-35)38(44-29-34-22-13-7-14-23-34)37(43-28-33-20-11-6-12-21-33)36(46-40)31-41-27-32-18-9-5-10-19-32/h2,5-16,18-25,36-40H,1,3-4,17,26-31H2/t36?,37-,38?,39?,40-/m1/s1. The van der Waals surface area contributed by atoms with Gasteiger partial charge in [-0.1, -0.05) is 127 Å². The number of unbranched alkanes of at least 4 members (excludes halogenated alkanes) is 2. The average Bonchev–Trinajstić information content (AvgIpc) is 3.11. The van der Waals surface area contributed by atoms with Crippen LogP contribution in [0.4, 0.5) is 0 Å². The molecule has 1 aliphatic rings. The Labute approximate surface area is 273 Å². The summed E-state index contributed by atoms with van der Waals surface area (Å²) in [5, 5.41) is 0. The molecule has 6 nitrogen and oxygen atoms in total. The van der Waals surface area contributed by atoms with Crippen molar-refractivity contribution in [2.24, 2.45) is 0 Å². The van der Waals surface area contributed by atoms with Crippen LogP contribution >= 0.6 is 0 Å². The van der Waals surface area contributed by atoms with Crippen LogP contribution in [0.3, 0.4) is 0 Å². The maximum Gasteiger partial charge on any atom is 0.186 e. The zero-order valence-corrected chi connectivity index (χ0v) is 26.5. The normalized spacial score (nSPS) is 21.2. The Morgan fingerprint density at radius 2 is 0.978 bits per heavy atom. The van der Waals surface area contributed by atoms with Crippen LogP contribution in [0, 0.1) is 0 Å². The van der Waals surface area contributed by atoms with E-state index >= 15 is 0 Å². The highest BCUT2D eigenvalue weighted by atomic mass is 16.7. The summed E-state index contributed by atoms with van der Waals surface area (Å²) in [6, 6.07) is 40.6. The highest BCUT2D eigenvalue weighted by Crippen LogP contribution is 2.32. The molecular weight excluding hydrogens is 576 g/mol. The van der Waals surface area contributed by atoms with Crippen molar-refractivity contribution in [3.05, 3.63) is 156 Å². The molecule has 4 aromatic rings. The summed E-state index contributed by atoms with van der Waals surface area (Å²) >= 11 is 0. The smallest absolute Gasteiger partial charge is 0.186 e. The fourth-order valence-corrected chi connectivity index (χ4v) is 5.47. The van der Waals surface area contributed by atoms with Gasteiger partial charge in [0.1, 0.15) is 24.4 Å². The average molecular weight is 623 g/mol. The molecule has 0 saturated carbocycles. The van der Waals surface area contributed by atoms with Gasteiger partial charge in [-0.15, -0.1) is 6.58 Å². The van der Waals surface area contributed by atoms with E-state index in [2.05, 4.69) is 55.1 Å². The largest absolute Gasteiger partial charge is 0.374 e. The molecule has 3 unspecified atom stereocenters. The highest BCUT2D eigenvalue weighted by molar-refractivity contribution is 5.16. The zero-order valence-electron chi connectivity index (χ0n) is 26.5. The molecule has 1 aliphatic heterocycles. The fourth-order valence-electron chi connectivity index (χ4n) is 5.47. The predicted molar refractivity (Wildman–Crippen MR) is 180 cm³/mol. The van der Waals surface area contributed by atoms with Crippen molar-refractivity contribution in [1.82, 2.24) is 0 Å². The van der Waals surface area contributed by atoms with Gasteiger partial charge in [0.15, 0.2) is 6.29 Å². The number of allylic oxidation sites excluding steroid dienone is 1. The minimum Gasteiger partial charge on any atom is -0.374 e. The first-order valence-corrected chi connectivity index (χ1v) is 16.3. The third kappa shape index (κ3) is 10.7. The molecule has 1 heterocycles. The first-order chi connectivity index (χ1) is 22.8. The molecule has 242 valence electrons. The van der Waals surface area contributed by atoms with E-state index in [4.69, 9.17) is 28.4 Å². The number of hydrogen-bond donors (Lipinski definition) is 0. The number of rotatable bonds is 19. The van der Waals surface area contributed by atoms with Crippen LogP contribution in [-0.2, 0) is 54.8 Å². The van der Waals surface area contributed by atoms with Crippen LogP contribution in [0.5, 0.6) is 0 Å². The summed E-state index contributed by atoms with van der Waals surface area (Å²) in [6.07, 6.45) is 2.10. The Kier molecular flexibility index (Phi) is 14.0. The van der Waals surface area contributed by atoms with Crippen LogP contribution in [0.15, 0.2) is 134 Å². The van der Waals surface area contributed by atoms with E-state index in [1.54, 1.807) is 0 Å². The number of hydrogen-bond acceptors (Lipinski definition) is 6. The van der Waals surface area contributed by atoms with E-state index in [0.717, 1.165) is 41.5 Å². The Morgan fingerprint density at radius 3 is 1.48 bits per heavy atom. The van der Waals surface area contributed by atoms with E-state index < -0.39 is 30.7 Å². The zero-order chi connectivity index (χ0) is 31.7. The quantitative estimate of drug-likeness (QED) is 0.0779. The molecule has 5 atom stereocenters. The SMILES string of the molecule is C=CCCCCO[C@@H]1OC(COCc2ccccc2)[C@@H](OCc2ccccc2)C(OCc2ccccc2)C1OCc1ccccc1. The van der Waals surface area contributed by atoms with E-state index in [1.165, 1.54) is 0 Å². The van der Waals surface area contributed by atoms with Crippen molar-refractivity contribution in [2.75, 3.05) is 13.2 Å². The topological polar surface area (TPSA) is 55.4 Å². The molecule has 6 heteroatoms. The lowest BCUT2D eigenvalue weighted by molar-refractivity contribution is -0.328. The first-order valence-electron chi connectivity index (χ1n) is 16.3. The Hall–Kier alpha value is -3.62. The molecule has 1 fully saturated rings. The minimum absolute atomic E-state index is 0.307. The molecule has 4 aromatic carbocycles. The third-order valence-electron chi connectivity index (χ3n) is 7.93. The summed E-state index contributed by atoms with van der Waals surface area (Å²) < 4.78 is 39.5. The van der Waals surface area contributed by atoms with Gasteiger partial charge in [-0.25, -0.2) is 0 Å². The molecule has 0 bridgehead atoms. The molecule has 0 N–H and O–H groups in total. The van der Waals surface area contributed by atoms with Crippen molar-refractivity contribution in [3.63, 3.8) is 0 Å². The van der Waals surface area contributed by atoms with Crippen LogP contribution in [0.2, 0.25) is 0 Å². The van der Waals surface area contributed by atoms with Crippen molar-refractivity contribution >= 4 is 0 Å². The van der Waals surface area contributed by atoms with Gasteiger partial charge in [0.05, 0.1) is 33.0 Å². The molecule has 0 amide bonds. The lowest BCUT2D eigenvalue weighted by atomic mass is 9.97. The van der Waals surface area contributed by atoms with E-state index in [9.17, 15) is 0 Å². The van der Waals surface area contributed by atoms with E-state index in [1.807, 2.05) is 78.9 Å². The molecule has 5 rings (SSSR count). The molecular formula is C40H46O6. The molecule has 0 spiro atoms. The Balaban J connectivity index is 1.41. The molecule has 0 radical (unpaired) electrons. The minimum atomic E-state index is -0.671.